The molecule has 5 rings (SSSR count). The van der Waals surface area contributed by atoms with Gasteiger partial charge in [-0.3, -0.25) is 14.5 Å². The summed E-state index contributed by atoms with van der Waals surface area (Å²) >= 11 is 0. The highest BCUT2D eigenvalue weighted by Gasteiger charge is 2.34. The molecule has 2 atom stereocenters. The van der Waals surface area contributed by atoms with Gasteiger partial charge in [0.05, 0.1) is 37.0 Å². The number of rotatable bonds is 8. The van der Waals surface area contributed by atoms with Gasteiger partial charge < -0.3 is 23.9 Å². The van der Waals surface area contributed by atoms with E-state index in [1.807, 2.05) is 0 Å². The Labute approximate surface area is 209 Å². The number of fused-ring (bicyclic) bond motifs is 2. The highest BCUT2D eigenvalue weighted by molar-refractivity contribution is 5.89. The second-order valence-electron chi connectivity index (χ2n) is 8.90. The lowest BCUT2D eigenvalue weighted by Gasteiger charge is -2.17. The third-order valence-electron chi connectivity index (χ3n) is 6.20. The molecule has 0 radical (unpaired) electrons. The SMILES string of the molecule is Cn1c(=O)cnc2ccc(F)c(OCC(O)CCC[C@H]3CN(c4cnc5c(n4)CC(=O)CO5)C(=O)O3)c21. The molecule has 4 heterocycles. The van der Waals surface area contributed by atoms with E-state index in [4.69, 9.17) is 14.2 Å². The predicted octanol–water partition coefficient (Wildman–Crippen LogP) is 1.30. The number of cyclic esters (lactones) is 1. The summed E-state index contributed by atoms with van der Waals surface area (Å²) in [5.41, 5.74) is 0.570. The van der Waals surface area contributed by atoms with Gasteiger partial charge in [0.15, 0.2) is 23.2 Å². The molecule has 2 aliphatic heterocycles. The number of aryl methyl sites for hydroxylation is 1. The van der Waals surface area contributed by atoms with Gasteiger partial charge in [-0.2, -0.15) is 0 Å². The highest BCUT2D eigenvalue weighted by atomic mass is 19.1. The van der Waals surface area contributed by atoms with Crippen LogP contribution in [0, 0.1) is 5.82 Å². The molecule has 37 heavy (non-hydrogen) atoms. The van der Waals surface area contributed by atoms with Crippen LogP contribution in [-0.4, -0.2) is 68.5 Å². The molecule has 13 heteroatoms. The quantitative estimate of drug-likeness (QED) is 0.468. The normalized spacial score (nSPS) is 17.9. The average Bonchev–Trinajstić information content (AvgIpc) is 3.25. The number of ketones is 1. The Bertz CT molecular complexity index is 1430. The van der Waals surface area contributed by atoms with Crippen LogP contribution in [0.1, 0.15) is 25.0 Å². The Morgan fingerprint density at radius 1 is 1.24 bits per heavy atom. The summed E-state index contributed by atoms with van der Waals surface area (Å²) in [6.07, 6.45) is 2.02. The number of carbonyl (C=O) groups is 2. The van der Waals surface area contributed by atoms with E-state index in [0.29, 0.717) is 30.5 Å². The number of hydrogen-bond donors (Lipinski definition) is 1. The van der Waals surface area contributed by atoms with Crippen LogP contribution >= 0.6 is 0 Å². The largest absolute Gasteiger partial charge is 0.486 e. The maximum Gasteiger partial charge on any atom is 0.415 e. The molecule has 2 aromatic heterocycles. The van der Waals surface area contributed by atoms with Crippen LogP contribution in [0.25, 0.3) is 11.0 Å². The smallest absolute Gasteiger partial charge is 0.415 e. The van der Waals surface area contributed by atoms with Crippen LogP contribution in [-0.2, 0) is 23.0 Å². The first kappa shape index (κ1) is 24.6. The van der Waals surface area contributed by atoms with Crippen molar-refractivity contribution >= 4 is 28.7 Å². The molecule has 1 unspecified atom stereocenters. The van der Waals surface area contributed by atoms with E-state index < -0.39 is 29.7 Å². The van der Waals surface area contributed by atoms with E-state index in [1.165, 1.54) is 34.8 Å². The number of anilines is 1. The monoisotopic (exact) mass is 513 g/mol. The zero-order valence-electron chi connectivity index (χ0n) is 19.9. The third-order valence-corrected chi connectivity index (χ3v) is 6.20. The zero-order valence-corrected chi connectivity index (χ0v) is 19.9. The lowest BCUT2D eigenvalue weighted by molar-refractivity contribution is -0.121. The van der Waals surface area contributed by atoms with Crippen LogP contribution in [0.15, 0.2) is 29.3 Å². The standard InChI is InChI=1S/C24H24FN5O7/c1-29-20(33)9-26-17-6-5-16(25)22(21(17)29)35-11-13(31)3-2-4-15-10-30(24(34)37-15)19-8-27-23-18(28-19)7-14(32)12-36-23/h5-6,8-9,13,15,31H,2-4,7,10-12H2,1H3/t13?,15-/m0/s1. The van der Waals surface area contributed by atoms with Gasteiger partial charge in [-0.25, -0.2) is 24.1 Å². The molecule has 0 aliphatic carbocycles. The highest BCUT2D eigenvalue weighted by Crippen LogP contribution is 2.28. The van der Waals surface area contributed by atoms with Crippen molar-refractivity contribution in [3.05, 3.63) is 46.4 Å². The molecular formula is C24H24FN5O7. The number of halogens is 1. The van der Waals surface area contributed by atoms with Crippen LogP contribution < -0.4 is 19.9 Å². The first-order valence-electron chi connectivity index (χ1n) is 11.7. The molecule has 1 saturated heterocycles. The minimum absolute atomic E-state index is 0.0422. The number of benzene rings is 1. The van der Waals surface area contributed by atoms with Crippen molar-refractivity contribution in [1.29, 1.82) is 0 Å². The second-order valence-corrected chi connectivity index (χ2v) is 8.90. The Morgan fingerprint density at radius 2 is 2.08 bits per heavy atom. The van der Waals surface area contributed by atoms with Crippen molar-refractivity contribution in [1.82, 2.24) is 19.5 Å². The molecule has 2 aliphatic rings. The fraction of sp³-hybridized carbons (Fsp3) is 0.417. The number of ether oxygens (including phenoxy) is 3. The molecule has 0 spiro atoms. The van der Waals surface area contributed by atoms with Crippen molar-refractivity contribution in [3.8, 4) is 11.6 Å². The number of carbonyl (C=O) groups excluding carboxylic acids is 2. The van der Waals surface area contributed by atoms with Crippen LogP contribution in [0.3, 0.4) is 0 Å². The van der Waals surface area contributed by atoms with Crippen molar-refractivity contribution in [2.24, 2.45) is 7.05 Å². The molecule has 1 amide bonds. The second kappa shape index (κ2) is 10.1. The van der Waals surface area contributed by atoms with Crippen molar-refractivity contribution < 1.29 is 33.3 Å². The maximum atomic E-state index is 14.4. The minimum Gasteiger partial charge on any atom is -0.486 e. The van der Waals surface area contributed by atoms with Gasteiger partial charge in [0.2, 0.25) is 5.88 Å². The maximum absolute atomic E-state index is 14.4. The molecule has 1 N–H and O–H groups in total. The summed E-state index contributed by atoms with van der Waals surface area (Å²) in [5.74, 6) is -0.374. The van der Waals surface area contributed by atoms with Gasteiger partial charge >= 0.3 is 6.09 Å². The zero-order chi connectivity index (χ0) is 26.1. The number of Topliss-reactive ketones (excluding diaryl/α,β-unsaturated/α-hetero) is 1. The van der Waals surface area contributed by atoms with Gasteiger partial charge in [-0.1, -0.05) is 0 Å². The predicted molar refractivity (Wildman–Crippen MR) is 126 cm³/mol. The lowest BCUT2D eigenvalue weighted by Crippen LogP contribution is -2.28. The van der Waals surface area contributed by atoms with E-state index in [2.05, 4.69) is 15.0 Å². The van der Waals surface area contributed by atoms with Crippen LogP contribution in [0.2, 0.25) is 0 Å². The van der Waals surface area contributed by atoms with E-state index in [9.17, 15) is 23.9 Å². The number of hydrogen-bond acceptors (Lipinski definition) is 10. The third kappa shape index (κ3) is 5.07. The first-order chi connectivity index (χ1) is 17.8. The lowest BCUT2D eigenvalue weighted by atomic mass is 10.1. The Hall–Kier alpha value is -4.13. The number of aliphatic hydroxyl groups excluding tert-OH is 1. The summed E-state index contributed by atoms with van der Waals surface area (Å²) in [6, 6.07) is 2.64. The summed E-state index contributed by atoms with van der Waals surface area (Å²) in [7, 11) is 1.49. The Kier molecular flexibility index (Phi) is 6.70. The first-order valence-corrected chi connectivity index (χ1v) is 11.7. The average molecular weight is 513 g/mol. The van der Waals surface area contributed by atoms with E-state index in [-0.39, 0.29) is 54.9 Å². The van der Waals surface area contributed by atoms with E-state index in [1.54, 1.807) is 0 Å². The minimum atomic E-state index is -0.916. The van der Waals surface area contributed by atoms with Crippen molar-refractivity contribution in [2.75, 3.05) is 24.7 Å². The Morgan fingerprint density at radius 3 is 2.92 bits per heavy atom. The molecule has 1 aromatic carbocycles. The van der Waals surface area contributed by atoms with Crippen LogP contribution in [0.4, 0.5) is 15.0 Å². The molecular weight excluding hydrogens is 489 g/mol. The molecule has 0 saturated carbocycles. The van der Waals surface area contributed by atoms with Crippen LogP contribution in [0.5, 0.6) is 11.6 Å². The Balaban J connectivity index is 1.14. The van der Waals surface area contributed by atoms with Gasteiger partial charge in [-0.05, 0) is 31.4 Å². The van der Waals surface area contributed by atoms with Gasteiger partial charge in [0, 0.05) is 7.05 Å². The number of aromatic nitrogens is 4. The number of amides is 1. The molecule has 1 fully saturated rings. The van der Waals surface area contributed by atoms with Gasteiger partial charge in [-0.15, -0.1) is 0 Å². The van der Waals surface area contributed by atoms with E-state index >= 15 is 0 Å². The number of aliphatic hydroxyl groups is 1. The van der Waals surface area contributed by atoms with Gasteiger partial charge in [0.25, 0.3) is 5.56 Å². The molecule has 194 valence electrons. The summed E-state index contributed by atoms with van der Waals surface area (Å²) < 4.78 is 31.9. The summed E-state index contributed by atoms with van der Waals surface area (Å²) in [4.78, 5) is 49.7. The molecule has 3 aromatic rings. The van der Waals surface area contributed by atoms with Crippen molar-refractivity contribution in [3.63, 3.8) is 0 Å². The van der Waals surface area contributed by atoms with E-state index in [0.717, 1.165) is 6.20 Å². The summed E-state index contributed by atoms with van der Waals surface area (Å²) in [6.45, 7) is 0.0106. The topological polar surface area (TPSA) is 146 Å². The summed E-state index contributed by atoms with van der Waals surface area (Å²) in [5, 5.41) is 10.4. The fourth-order valence-corrected chi connectivity index (χ4v) is 4.28. The van der Waals surface area contributed by atoms with Crippen molar-refractivity contribution in [2.45, 2.75) is 37.9 Å². The number of nitrogens with zero attached hydrogens (tertiary/aromatic N) is 5. The van der Waals surface area contributed by atoms with Gasteiger partial charge in [0.1, 0.15) is 30.5 Å². The fourth-order valence-electron chi connectivity index (χ4n) is 4.28. The molecule has 12 nitrogen and oxygen atoms in total. The molecule has 0 bridgehead atoms.